The van der Waals surface area contributed by atoms with Crippen molar-refractivity contribution in [2.45, 2.75) is 0 Å². The third-order valence-corrected chi connectivity index (χ3v) is 13.4. The molecule has 0 amide bonds. The molecule has 14 aromatic rings. The van der Waals surface area contributed by atoms with Gasteiger partial charge in [0.1, 0.15) is 5.69 Å². The molecule has 0 N–H and O–H groups in total. The Morgan fingerprint density at radius 3 is 1.44 bits per heavy atom. The lowest BCUT2D eigenvalue weighted by molar-refractivity contribution is 1.08. The first-order chi connectivity index (χ1) is 31.7. The van der Waals surface area contributed by atoms with E-state index in [2.05, 4.69) is 203 Å². The van der Waals surface area contributed by atoms with Crippen LogP contribution in [0, 0.1) is 0 Å². The highest BCUT2D eigenvalue weighted by Crippen LogP contribution is 2.43. The van der Waals surface area contributed by atoms with Crippen LogP contribution < -0.4 is 0 Å². The van der Waals surface area contributed by atoms with Gasteiger partial charge in [0, 0.05) is 32.8 Å². The number of hydrogen-bond acceptors (Lipinski definition) is 2. The molecule has 0 fully saturated rings. The zero-order valence-corrected chi connectivity index (χ0v) is 34.6. The molecule has 0 aliphatic rings. The molecule has 64 heavy (non-hydrogen) atoms. The molecule has 0 bridgehead atoms. The summed E-state index contributed by atoms with van der Waals surface area (Å²) in [6.07, 6.45) is 0. The number of hydrogen-bond donors (Lipinski definition) is 0. The molecule has 0 spiro atoms. The van der Waals surface area contributed by atoms with Gasteiger partial charge in [0.25, 0.3) is 0 Å². The average molecular weight is 813 g/mol. The normalized spacial score (nSPS) is 12.1. The quantitative estimate of drug-likeness (QED) is 0.166. The molecule has 0 aliphatic heterocycles. The molecule has 11 aromatic carbocycles. The van der Waals surface area contributed by atoms with Crippen molar-refractivity contribution in [2.75, 3.05) is 0 Å². The summed E-state index contributed by atoms with van der Waals surface area (Å²) in [7, 11) is 0. The zero-order valence-electron chi connectivity index (χ0n) is 34.6. The maximum atomic E-state index is 5.40. The van der Waals surface area contributed by atoms with Gasteiger partial charge in [-0.25, -0.2) is 9.97 Å². The number of para-hydroxylation sites is 2. The van der Waals surface area contributed by atoms with Gasteiger partial charge in [-0.2, -0.15) is 0 Å². The SMILES string of the molecule is c1ccc(-c2nc3ccccc3nc2-n2c3ccc(-c4ccc5c(c4)c4c6ccccc6ccc4n5-c4ccc5c(ccc6ccccc65)c4)cc3c3c4ccccc4ccc32)cc1. The van der Waals surface area contributed by atoms with Crippen molar-refractivity contribution in [2.24, 2.45) is 0 Å². The first-order valence-corrected chi connectivity index (χ1v) is 21.9. The Bertz CT molecular complexity index is 4250. The number of rotatable bonds is 4. The molecular formula is C60H36N4. The van der Waals surface area contributed by atoms with Crippen LogP contribution in [0.1, 0.15) is 0 Å². The molecule has 4 nitrogen and oxygen atoms in total. The molecule has 0 radical (unpaired) electrons. The van der Waals surface area contributed by atoms with E-state index in [1.807, 2.05) is 24.3 Å². The Morgan fingerprint density at radius 2 is 0.766 bits per heavy atom. The number of aromatic nitrogens is 4. The summed E-state index contributed by atoms with van der Waals surface area (Å²) < 4.78 is 4.78. The van der Waals surface area contributed by atoms with E-state index in [-0.39, 0.29) is 0 Å². The monoisotopic (exact) mass is 812 g/mol. The topological polar surface area (TPSA) is 35.6 Å². The van der Waals surface area contributed by atoms with Gasteiger partial charge >= 0.3 is 0 Å². The van der Waals surface area contributed by atoms with Crippen molar-refractivity contribution >= 4 is 97.7 Å². The van der Waals surface area contributed by atoms with E-state index in [4.69, 9.17) is 9.97 Å². The molecule has 0 unspecified atom stereocenters. The second kappa shape index (κ2) is 13.4. The first-order valence-electron chi connectivity index (χ1n) is 21.9. The minimum Gasteiger partial charge on any atom is -0.309 e. The fourth-order valence-corrected chi connectivity index (χ4v) is 10.5. The van der Waals surface area contributed by atoms with Crippen molar-refractivity contribution in [3.05, 3.63) is 218 Å². The van der Waals surface area contributed by atoms with E-state index in [0.29, 0.717) is 0 Å². The smallest absolute Gasteiger partial charge is 0.165 e. The van der Waals surface area contributed by atoms with Crippen LogP contribution in [-0.2, 0) is 0 Å². The van der Waals surface area contributed by atoms with Crippen LogP contribution in [-0.4, -0.2) is 19.1 Å². The predicted octanol–water partition coefficient (Wildman–Crippen LogP) is 15.8. The van der Waals surface area contributed by atoms with E-state index >= 15 is 0 Å². The van der Waals surface area contributed by atoms with Gasteiger partial charge in [-0.15, -0.1) is 0 Å². The molecule has 0 saturated carbocycles. The highest BCUT2D eigenvalue weighted by molar-refractivity contribution is 6.24. The highest BCUT2D eigenvalue weighted by atomic mass is 15.1. The van der Waals surface area contributed by atoms with Gasteiger partial charge < -0.3 is 4.57 Å². The molecule has 4 heteroatoms. The summed E-state index contributed by atoms with van der Waals surface area (Å²) in [5.41, 5.74) is 11.7. The van der Waals surface area contributed by atoms with Crippen LogP contribution in [0.4, 0.5) is 0 Å². The minimum atomic E-state index is 0.816. The average Bonchev–Trinajstić information content (AvgIpc) is 3.88. The van der Waals surface area contributed by atoms with E-state index in [1.54, 1.807) is 0 Å². The van der Waals surface area contributed by atoms with E-state index < -0.39 is 0 Å². The van der Waals surface area contributed by atoms with Gasteiger partial charge in [-0.05, 0) is 115 Å². The number of nitrogens with zero attached hydrogens (tertiary/aromatic N) is 4. The molecule has 296 valence electrons. The standard InChI is InChI=1S/C60H36N4/c1-2-15-40(16-3-1)59-60(62-52-21-11-10-20-51(52)61-59)64-54-31-27-42(36-50(54)58-48-19-9-6-14-39(48)25-33-56(58)64)41-26-30-53-49(35-41)57-47-18-8-5-13-38(47)24-32-55(57)63(53)44-28-29-46-43(34-44)23-22-37-12-4-7-17-45(37)46/h1-36H. The highest BCUT2D eigenvalue weighted by Gasteiger charge is 2.22. The Balaban J connectivity index is 1.02. The molecule has 3 heterocycles. The van der Waals surface area contributed by atoms with Crippen molar-refractivity contribution in [3.8, 4) is 33.9 Å². The van der Waals surface area contributed by atoms with Crippen LogP contribution in [0.15, 0.2) is 218 Å². The molecule has 0 aliphatic carbocycles. The summed E-state index contributed by atoms with van der Waals surface area (Å²) in [6, 6.07) is 79.2. The Kier molecular flexibility index (Phi) is 7.36. The van der Waals surface area contributed by atoms with Gasteiger partial charge in [-0.1, -0.05) is 158 Å². The lowest BCUT2D eigenvalue weighted by Crippen LogP contribution is -2.03. The maximum absolute atomic E-state index is 5.40. The third kappa shape index (κ3) is 5.11. The summed E-state index contributed by atoms with van der Waals surface area (Å²) in [6.45, 7) is 0. The number of benzene rings is 11. The zero-order chi connectivity index (χ0) is 41.9. The lowest BCUT2D eigenvalue weighted by Gasteiger charge is -2.14. The molecule has 0 atom stereocenters. The Labute approximate surface area is 367 Å². The summed E-state index contributed by atoms with van der Waals surface area (Å²) >= 11 is 0. The Hall–Kier alpha value is -8.60. The van der Waals surface area contributed by atoms with Crippen LogP contribution in [0.2, 0.25) is 0 Å². The van der Waals surface area contributed by atoms with Crippen LogP contribution in [0.25, 0.3) is 132 Å². The second-order valence-electron chi connectivity index (χ2n) is 16.9. The van der Waals surface area contributed by atoms with Gasteiger partial charge in [0.05, 0.1) is 33.1 Å². The van der Waals surface area contributed by atoms with Gasteiger partial charge in [-0.3, -0.25) is 4.57 Å². The summed E-state index contributed by atoms with van der Waals surface area (Å²) in [4.78, 5) is 10.7. The summed E-state index contributed by atoms with van der Waals surface area (Å²) in [5, 5.41) is 14.8. The van der Waals surface area contributed by atoms with Crippen molar-refractivity contribution < 1.29 is 0 Å². The first kappa shape index (κ1) is 35.0. The van der Waals surface area contributed by atoms with Crippen LogP contribution in [0.3, 0.4) is 0 Å². The van der Waals surface area contributed by atoms with Crippen molar-refractivity contribution in [1.82, 2.24) is 19.1 Å². The number of fused-ring (bicyclic) bond motifs is 14. The van der Waals surface area contributed by atoms with E-state index in [0.717, 1.165) is 50.4 Å². The van der Waals surface area contributed by atoms with E-state index in [9.17, 15) is 0 Å². The van der Waals surface area contributed by atoms with Crippen molar-refractivity contribution in [1.29, 1.82) is 0 Å². The van der Waals surface area contributed by atoms with E-state index in [1.165, 1.54) is 81.2 Å². The largest absolute Gasteiger partial charge is 0.309 e. The maximum Gasteiger partial charge on any atom is 0.165 e. The van der Waals surface area contributed by atoms with Gasteiger partial charge in [0.15, 0.2) is 5.82 Å². The van der Waals surface area contributed by atoms with Gasteiger partial charge in [0.2, 0.25) is 0 Å². The molecule has 0 saturated heterocycles. The Morgan fingerprint density at radius 1 is 0.281 bits per heavy atom. The lowest BCUT2D eigenvalue weighted by atomic mass is 9.98. The fourth-order valence-electron chi connectivity index (χ4n) is 10.5. The fraction of sp³-hybridized carbons (Fsp3) is 0. The third-order valence-electron chi connectivity index (χ3n) is 13.4. The van der Waals surface area contributed by atoms with Crippen molar-refractivity contribution in [3.63, 3.8) is 0 Å². The predicted molar refractivity (Wildman–Crippen MR) is 269 cm³/mol. The molecule has 3 aromatic heterocycles. The van der Waals surface area contributed by atoms with Crippen LogP contribution in [0.5, 0.6) is 0 Å². The second-order valence-corrected chi connectivity index (χ2v) is 16.9. The molecule has 14 rings (SSSR count). The van der Waals surface area contributed by atoms with Crippen LogP contribution >= 0.6 is 0 Å². The summed E-state index contributed by atoms with van der Waals surface area (Å²) in [5.74, 6) is 0.816. The minimum absolute atomic E-state index is 0.816. The molecular weight excluding hydrogens is 777 g/mol.